The van der Waals surface area contributed by atoms with E-state index in [1.54, 1.807) is 0 Å². The van der Waals surface area contributed by atoms with Crippen molar-refractivity contribution in [3.8, 4) is 0 Å². The fourth-order valence-corrected chi connectivity index (χ4v) is 2.12. The summed E-state index contributed by atoms with van der Waals surface area (Å²) in [6, 6.07) is 0.672. The molecule has 0 saturated carbocycles. The molecule has 98 valence electrons. The van der Waals surface area contributed by atoms with Crippen molar-refractivity contribution in [3.05, 3.63) is 0 Å². The quantitative estimate of drug-likeness (QED) is 0.546. The summed E-state index contributed by atoms with van der Waals surface area (Å²) in [6.45, 7) is 3.44. The number of unbranched alkanes of at least 4 members (excludes halogenated alkanes) is 6. The predicted molar refractivity (Wildman–Crippen MR) is 74.0 cm³/mol. The average molecular weight is 228 g/mol. The molecule has 1 atom stereocenters. The van der Waals surface area contributed by atoms with Gasteiger partial charge in [0, 0.05) is 12.6 Å². The van der Waals surface area contributed by atoms with Gasteiger partial charge in [-0.3, -0.25) is 0 Å². The number of nitrogens with one attached hydrogen (secondary N) is 1. The van der Waals surface area contributed by atoms with Crippen LogP contribution in [0.3, 0.4) is 0 Å². The van der Waals surface area contributed by atoms with Crippen molar-refractivity contribution in [1.82, 2.24) is 10.2 Å². The van der Waals surface area contributed by atoms with Crippen LogP contribution in [-0.2, 0) is 0 Å². The first-order valence-corrected chi connectivity index (χ1v) is 7.02. The van der Waals surface area contributed by atoms with Gasteiger partial charge in [0.2, 0.25) is 0 Å². The minimum atomic E-state index is 0.672. The smallest absolute Gasteiger partial charge is 0.0191 e. The van der Waals surface area contributed by atoms with Crippen LogP contribution in [0.15, 0.2) is 0 Å². The lowest BCUT2D eigenvalue weighted by molar-refractivity contribution is 0.331. The lowest BCUT2D eigenvalue weighted by Gasteiger charge is -2.20. The molecule has 0 aromatic heterocycles. The van der Waals surface area contributed by atoms with Crippen molar-refractivity contribution in [1.29, 1.82) is 0 Å². The molecule has 2 heteroatoms. The summed E-state index contributed by atoms with van der Waals surface area (Å²) in [5.41, 5.74) is 0. The monoisotopic (exact) mass is 228 g/mol. The standard InChI is InChI=1S/C14H32N2/c1-5-6-7-8-9-10-11-12-14(15-2)13-16(3)4/h14-15H,5-13H2,1-4H3. The van der Waals surface area contributed by atoms with Crippen LogP contribution >= 0.6 is 0 Å². The highest BCUT2D eigenvalue weighted by Gasteiger charge is 2.06. The summed E-state index contributed by atoms with van der Waals surface area (Å²) in [5.74, 6) is 0. The zero-order chi connectivity index (χ0) is 12.2. The molecule has 0 aliphatic carbocycles. The third-order valence-electron chi connectivity index (χ3n) is 3.15. The maximum atomic E-state index is 3.40. The molecule has 0 aromatic rings. The normalized spacial score (nSPS) is 13.3. The third kappa shape index (κ3) is 10.4. The van der Waals surface area contributed by atoms with Crippen LogP contribution in [0.4, 0.5) is 0 Å². The average Bonchev–Trinajstić information content (AvgIpc) is 2.25. The summed E-state index contributed by atoms with van der Waals surface area (Å²) in [6.07, 6.45) is 11.2. The topological polar surface area (TPSA) is 15.3 Å². The Morgan fingerprint density at radius 2 is 1.50 bits per heavy atom. The molecule has 16 heavy (non-hydrogen) atoms. The summed E-state index contributed by atoms with van der Waals surface area (Å²) in [4.78, 5) is 2.27. The van der Waals surface area contributed by atoms with E-state index in [2.05, 4.69) is 38.3 Å². The van der Waals surface area contributed by atoms with Gasteiger partial charge in [-0.05, 0) is 27.6 Å². The van der Waals surface area contributed by atoms with E-state index in [-0.39, 0.29) is 0 Å². The maximum Gasteiger partial charge on any atom is 0.0191 e. The van der Waals surface area contributed by atoms with Crippen molar-refractivity contribution in [3.63, 3.8) is 0 Å². The molecule has 0 saturated heterocycles. The molecule has 0 radical (unpaired) electrons. The SMILES string of the molecule is CCCCCCCCCC(CN(C)C)NC. The summed E-state index contributed by atoms with van der Waals surface area (Å²) < 4.78 is 0. The van der Waals surface area contributed by atoms with Gasteiger partial charge in [0.15, 0.2) is 0 Å². The highest BCUT2D eigenvalue weighted by Crippen LogP contribution is 2.09. The van der Waals surface area contributed by atoms with Gasteiger partial charge < -0.3 is 10.2 Å². The van der Waals surface area contributed by atoms with E-state index in [0.717, 1.165) is 6.54 Å². The Kier molecular flexibility index (Phi) is 11.3. The maximum absolute atomic E-state index is 3.40. The van der Waals surface area contributed by atoms with E-state index >= 15 is 0 Å². The van der Waals surface area contributed by atoms with Gasteiger partial charge in [0.25, 0.3) is 0 Å². The molecule has 0 amide bonds. The molecule has 0 aromatic carbocycles. The molecule has 0 aliphatic heterocycles. The van der Waals surface area contributed by atoms with Gasteiger partial charge in [-0.25, -0.2) is 0 Å². The second-order valence-electron chi connectivity index (χ2n) is 5.16. The number of rotatable bonds is 11. The van der Waals surface area contributed by atoms with Crippen molar-refractivity contribution in [2.75, 3.05) is 27.7 Å². The lowest BCUT2D eigenvalue weighted by Crippen LogP contribution is -2.35. The third-order valence-corrected chi connectivity index (χ3v) is 3.15. The Bertz CT molecular complexity index is 135. The van der Waals surface area contributed by atoms with Crippen LogP contribution < -0.4 is 5.32 Å². The minimum Gasteiger partial charge on any atom is -0.316 e. The molecule has 0 aliphatic rings. The zero-order valence-electron chi connectivity index (χ0n) is 11.9. The zero-order valence-corrected chi connectivity index (χ0v) is 11.9. The first kappa shape index (κ1) is 15.9. The lowest BCUT2D eigenvalue weighted by atomic mass is 10.0. The highest BCUT2D eigenvalue weighted by molar-refractivity contribution is 4.67. The largest absolute Gasteiger partial charge is 0.316 e. The summed E-state index contributed by atoms with van der Waals surface area (Å²) in [7, 11) is 6.37. The molecule has 2 nitrogen and oxygen atoms in total. The van der Waals surface area contributed by atoms with Crippen molar-refractivity contribution >= 4 is 0 Å². The second-order valence-corrected chi connectivity index (χ2v) is 5.16. The Morgan fingerprint density at radius 1 is 0.938 bits per heavy atom. The first-order chi connectivity index (χ1) is 7.70. The Hall–Kier alpha value is -0.0800. The Labute approximate surface area is 103 Å². The molecule has 1 N–H and O–H groups in total. The van der Waals surface area contributed by atoms with Gasteiger partial charge in [-0.1, -0.05) is 51.9 Å². The van der Waals surface area contributed by atoms with Crippen LogP contribution in [0.1, 0.15) is 58.3 Å². The van der Waals surface area contributed by atoms with Gasteiger partial charge in [-0.15, -0.1) is 0 Å². The number of hydrogen-bond acceptors (Lipinski definition) is 2. The molecular formula is C14H32N2. The van der Waals surface area contributed by atoms with Crippen molar-refractivity contribution in [2.24, 2.45) is 0 Å². The van der Waals surface area contributed by atoms with Gasteiger partial charge in [0.05, 0.1) is 0 Å². The first-order valence-electron chi connectivity index (χ1n) is 7.02. The fraction of sp³-hybridized carbons (Fsp3) is 1.00. The second kappa shape index (κ2) is 11.4. The molecule has 0 spiro atoms. The summed E-state index contributed by atoms with van der Waals surface area (Å²) in [5, 5.41) is 3.40. The van der Waals surface area contributed by atoms with Crippen LogP contribution in [0, 0.1) is 0 Å². The number of hydrogen-bond donors (Lipinski definition) is 1. The van der Waals surface area contributed by atoms with Crippen molar-refractivity contribution in [2.45, 2.75) is 64.3 Å². The number of nitrogens with zero attached hydrogens (tertiary/aromatic N) is 1. The Balaban J connectivity index is 3.27. The van der Waals surface area contributed by atoms with E-state index in [4.69, 9.17) is 0 Å². The van der Waals surface area contributed by atoms with E-state index in [9.17, 15) is 0 Å². The predicted octanol–water partition coefficient (Wildman–Crippen LogP) is 3.28. The van der Waals surface area contributed by atoms with Gasteiger partial charge in [-0.2, -0.15) is 0 Å². The van der Waals surface area contributed by atoms with Crippen LogP contribution in [0.25, 0.3) is 0 Å². The summed E-state index contributed by atoms with van der Waals surface area (Å²) >= 11 is 0. The van der Waals surface area contributed by atoms with Crippen LogP contribution in [0.2, 0.25) is 0 Å². The van der Waals surface area contributed by atoms with Gasteiger partial charge >= 0.3 is 0 Å². The van der Waals surface area contributed by atoms with Gasteiger partial charge in [0.1, 0.15) is 0 Å². The number of likely N-dealkylation sites (N-methyl/N-ethyl adjacent to an activating group) is 2. The molecule has 1 unspecified atom stereocenters. The van der Waals surface area contributed by atoms with E-state index in [1.165, 1.54) is 51.4 Å². The molecule has 0 rings (SSSR count). The Morgan fingerprint density at radius 3 is 2.00 bits per heavy atom. The van der Waals surface area contributed by atoms with Crippen LogP contribution in [-0.4, -0.2) is 38.6 Å². The van der Waals surface area contributed by atoms with E-state index in [0.29, 0.717) is 6.04 Å². The fourth-order valence-electron chi connectivity index (χ4n) is 2.12. The van der Waals surface area contributed by atoms with Crippen LogP contribution in [0.5, 0.6) is 0 Å². The molecule has 0 bridgehead atoms. The highest BCUT2D eigenvalue weighted by atomic mass is 15.1. The molecule has 0 fully saturated rings. The molecule has 0 heterocycles. The van der Waals surface area contributed by atoms with E-state index < -0.39 is 0 Å². The minimum absolute atomic E-state index is 0.672. The van der Waals surface area contributed by atoms with E-state index in [1.807, 2.05) is 0 Å². The van der Waals surface area contributed by atoms with Crippen molar-refractivity contribution < 1.29 is 0 Å². The molecular weight excluding hydrogens is 196 g/mol.